The van der Waals surface area contributed by atoms with Crippen molar-refractivity contribution in [2.24, 2.45) is 5.73 Å². The predicted molar refractivity (Wildman–Crippen MR) is 135 cm³/mol. The van der Waals surface area contributed by atoms with Gasteiger partial charge in [-0.2, -0.15) is 13.2 Å². The van der Waals surface area contributed by atoms with Crippen LogP contribution < -0.4 is 15.8 Å². The third kappa shape index (κ3) is 6.13. The Bertz CT molecular complexity index is 1530. The molecule has 11 nitrogen and oxygen atoms in total. The summed E-state index contributed by atoms with van der Waals surface area (Å²) in [6.07, 6.45) is -8.37. The first kappa shape index (κ1) is 29.5. The highest BCUT2D eigenvalue weighted by Gasteiger charge is 2.50. The van der Waals surface area contributed by atoms with Crippen LogP contribution in [0.15, 0.2) is 59.6 Å². The molecule has 1 aliphatic carbocycles. The summed E-state index contributed by atoms with van der Waals surface area (Å²) in [7, 11) is -4.71. The minimum absolute atomic E-state index is 0.0576. The van der Waals surface area contributed by atoms with Crippen LogP contribution in [0.25, 0.3) is 10.9 Å². The summed E-state index contributed by atoms with van der Waals surface area (Å²) in [5.74, 6) is -2.09. The third-order valence-corrected chi connectivity index (χ3v) is 8.35. The van der Waals surface area contributed by atoms with E-state index in [0.717, 1.165) is 23.0 Å². The van der Waals surface area contributed by atoms with E-state index in [2.05, 4.69) is 10.3 Å². The molecule has 0 saturated heterocycles. The molecule has 1 aliphatic rings. The van der Waals surface area contributed by atoms with E-state index in [-0.39, 0.29) is 6.42 Å². The highest BCUT2D eigenvalue weighted by atomic mass is 32.2. The fraction of sp³-hybridized carbons (Fsp3) is 0.360. The van der Waals surface area contributed by atoms with E-state index >= 15 is 0 Å². The summed E-state index contributed by atoms with van der Waals surface area (Å²) in [6.45, 7) is 0. The second-order valence-electron chi connectivity index (χ2n) is 9.74. The van der Waals surface area contributed by atoms with Crippen LogP contribution in [0.4, 0.5) is 13.2 Å². The van der Waals surface area contributed by atoms with Crippen molar-refractivity contribution in [2.45, 2.75) is 60.2 Å². The number of fused-ring (bicyclic) bond motifs is 1. The van der Waals surface area contributed by atoms with Crippen LogP contribution in [-0.4, -0.2) is 70.4 Å². The number of rotatable bonds is 8. The van der Waals surface area contributed by atoms with Crippen LogP contribution in [-0.2, 0) is 32.2 Å². The maximum absolute atomic E-state index is 13.1. The fourth-order valence-electron chi connectivity index (χ4n) is 4.74. The molecule has 5 atom stereocenters. The summed E-state index contributed by atoms with van der Waals surface area (Å²) in [4.78, 5) is 27.5. The molecule has 40 heavy (non-hydrogen) atoms. The molecule has 0 aliphatic heterocycles. The molecule has 4 rings (SSSR count). The Balaban J connectivity index is 1.53. The lowest BCUT2D eigenvalue weighted by molar-refractivity contribution is -0.158. The van der Waals surface area contributed by atoms with E-state index in [4.69, 9.17) is 5.73 Å². The second-order valence-corrected chi connectivity index (χ2v) is 11.5. The van der Waals surface area contributed by atoms with Crippen molar-refractivity contribution < 1.29 is 46.5 Å². The van der Waals surface area contributed by atoms with Crippen LogP contribution in [0.5, 0.6) is 0 Å². The van der Waals surface area contributed by atoms with E-state index in [1.807, 2.05) is 4.72 Å². The van der Waals surface area contributed by atoms with Crippen LogP contribution in [0.3, 0.4) is 0 Å². The number of carbonyl (C=O) groups is 2. The van der Waals surface area contributed by atoms with Gasteiger partial charge in [-0.3, -0.25) is 9.59 Å². The van der Waals surface area contributed by atoms with Crippen molar-refractivity contribution >= 4 is 32.7 Å². The molecule has 3 aromatic rings. The van der Waals surface area contributed by atoms with Gasteiger partial charge in [0, 0.05) is 36.4 Å². The molecule has 8 N–H and O–H groups in total. The van der Waals surface area contributed by atoms with Gasteiger partial charge in [0.1, 0.15) is 11.6 Å². The highest BCUT2D eigenvalue weighted by molar-refractivity contribution is 7.89. The van der Waals surface area contributed by atoms with Crippen LogP contribution in [0.2, 0.25) is 0 Å². The van der Waals surface area contributed by atoms with Gasteiger partial charge in [-0.25, -0.2) is 13.1 Å². The van der Waals surface area contributed by atoms with E-state index in [9.17, 15) is 46.5 Å². The number of primary amides is 1. The number of hydrogen-bond donors (Lipinski definition) is 7. The Hall–Kier alpha value is -3.50. The Morgan fingerprint density at radius 2 is 1.82 bits per heavy atom. The topological polar surface area (TPSA) is 195 Å². The number of sulfonamides is 1. The minimum Gasteiger partial charge on any atom is -0.390 e. The SMILES string of the molecule is NC(=O)[C@@H](Cc1c[nH]c2ccccc12)NC(=O)[C@@]1(O)C[C@@H](O)[C@H](O)[C@@H](NS(=O)(=O)c2cccc(C(F)(F)F)c2)C1. The molecule has 2 amide bonds. The standard InChI is InChI=1S/C25H27F3N4O7S/c26-25(27,28)14-4-3-5-15(9-14)40(38,39)32-19-10-24(37,11-20(33)21(19)34)23(36)31-18(22(29)35)8-13-12-30-17-7-2-1-6-16(13)17/h1-7,9,12,18-21,30,32-34,37H,8,10-11H2,(H2,29,35)(H,31,36)/t18-,19+,20-,21-,24+/m1/s1. The quantitative estimate of drug-likeness (QED) is 0.198. The van der Waals surface area contributed by atoms with Crippen LogP contribution >= 0.6 is 0 Å². The number of aliphatic hydroxyl groups is 3. The number of amides is 2. The molecule has 0 bridgehead atoms. The van der Waals surface area contributed by atoms with Gasteiger partial charge in [-0.1, -0.05) is 24.3 Å². The van der Waals surface area contributed by atoms with E-state index in [0.29, 0.717) is 17.7 Å². The number of aromatic amines is 1. The van der Waals surface area contributed by atoms with E-state index < -0.39 is 81.2 Å². The Morgan fingerprint density at radius 3 is 2.50 bits per heavy atom. The number of benzene rings is 2. The Morgan fingerprint density at radius 1 is 1.12 bits per heavy atom. The van der Waals surface area contributed by atoms with E-state index in [1.54, 1.807) is 30.5 Å². The first-order chi connectivity index (χ1) is 18.6. The molecular weight excluding hydrogens is 557 g/mol. The molecule has 1 heterocycles. The lowest BCUT2D eigenvalue weighted by Gasteiger charge is -2.41. The zero-order valence-corrected chi connectivity index (χ0v) is 21.5. The highest BCUT2D eigenvalue weighted by Crippen LogP contribution is 2.33. The molecule has 15 heteroatoms. The number of hydrogen-bond acceptors (Lipinski definition) is 7. The normalized spacial score (nSPS) is 24.5. The summed E-state index contributed by atoms with van der Waals surface area (Å²) >= 11 is 0. The van der Waals surface area contributed by atoms with Crippen LogP contribution in [0, 0.1) is 0 Å². The first-order valence-electron chi connectivity index (χ1n) is 12.0. The van der Waals surface area contributed by atoms with Crippen molar-refractivity contribution in [3.8, 4) is 0 Å². The minimum atomic E-state index is -4.83. The number of carbonyl (C=O) groups excluding carboxylic acids is 2. The Kier molecular flexibility index (Phi) is 7.97. The van der Waals surface area contributed by atoms with Crippen molar-refractivity contribution in [3.05, 3.63) is 65.9 Å². The smallest absolute Gasteiger partial charge is 0.390 e. The third-order valence-electron chi connectivity index (χ3n) is 6.86. The van der Waals surface area contributed by atoms with Gasteiger partial charge in [0.2, 0.25) is 15.9 Å². The van der Waals surface area contributed by atoms with Crippen molar-refractivity contribution in [1.29, 1.82) is 0 Å². The zero-order valence-electron chi connectivity index (χ0n) is 20.7. The van der Waals surface area contributed by atoms with Crippen molar-refractivity contribution in [3.63, 3.8) is 0 Å². The summed E-state index contributed by atoms with van der Waals surface area (Å²) in [5.41, 5.74) is 3.17. The number of nitrogens with two attached hydrogens (primary N) is 1. The molecule has 0 radical (unpaired) electrons. The van der Waals surface area contributed by atoms with E-state index in [1.165, 1.54) is 0 Å². The Labute approximate surface area is 226 Å². The number of aliphatic hydroxyl groups excluding tert-OH is 2. The first-order valence-corrected chi connectivity index (χ1v) is 13.5. The summed E-state index contributed by atoms with van der Waals surface area (Å²) in [6, 6.07) is 7.00. The number of aromatic nitrogens is 1. The largest absolute Gasteiger partial charge is 0.416 e. The van der Waals surface area contributed by atoms with Gasteiger partial charge in [-0.15, -0.1) is 0 Å². The van der Waals surface area contributed by atoms with Gasteiger partial charge in [0.15, 0.2) is 0 Å². The summed E-state index contributed by atoms with van der Waals surface area (Å²) < 4.78 is 66.9. The molecule has 0 unspecified atom stereocenters. The molecule has 0 spiro atoms. The fourth-order valence-corrected chi connectivity index (χ4v) is 6.04. The van der Waals surface area contributed by atoms with Gasteiger partial charge >= 0.3 is 6.18 Å². The molecule has 216 valence electrons. The lowest BCUT2D eigenvalue weighted by atomic mass is 9.78. The number of para-hydroxylation sites is 1. The van der Waals surface area contributed by atoms with Crippen LogP contribution in [0.1, 0.15) is 24.0 Å². The molecular formula is C25H27F3N4O7S. The predicted octanol–water partition coefficient (Wildman–Crippen LogP) is 0.293. The molecule has 1 saturated carbocycles. The number of alkyl halides is 3. The zero-order chi connectivity index (χ0) is 29.5. The van der Waals surface area contributed by atoms with Gasteiger partial charge < -0.3 is 31.4 Å². The average molecular weight is 585 g/mol. The molecule has 1 aromatic heterocycles. The summed E-state index contributed by atoms with van der Waals surface area (Å²) in [5, 5.41) is 35.0. The number of H-pyrrole nitrogens is 1. The van der Waals surface area contributed by atoms with Gasteiger partial charge in [-0.05, 0) is 29.8 Å². The maximum Gasteiger partial charge on any atom is 0.416 e. The monoisotopic (exact) mass is 584 g/mol. The van der Waals surface area contributed by atoms with Gasteiger partial charge in [0.25, 0.3) is 5.91 Å². The van der Waals surface area contributed by atoms with Gasteiger partial charge in [0.05, 0.1) is 28.7 Å². The second kappa shape index (κ2) is 10.8. The molecule has 2 aromatic carbocycles. The van der Waals surface area contributed by atoms with Crippen molar-refractivity contribution in [2.75, 3.05) is 0 Å². The van der Waals surface area contributed by atoms with Crippen molar-refractivity contribution in [1.82, 2.24) is 15.0 Å². The average Bonchev–Trinajstić information content (AvgIpc) is 3.28. The number of nitrogens with one attached hydrogen (secondary N) is 3. The molecule has 1 fully saturated rings. The number of halogens is 3. The maximum atomic E-state index is 13.1. The lowest BCUT2D eigenvalue weighted by Crippen LogP contribution is -2.64.